The number of methoxy groups -OCH3 is 1. The van der Waals surface area contributed by atoms with Crippen molar-refractivity contribution >= 4 is 17.6 Å². The summed E-state index contributed by atoms with van der Waals surface area (Å²) >= 11 is 0. The fourth-order valence-corrected chi connectivity index (χ4v) is 3.47. The van der Waals surface area contributed by atoms with E-state index >= 15 is 0 Å². The fourth-order valence-electron chi connectivity index (χ4n) is 3.47. The van der Waals surface area contributed by atoms with Crippen LogP contribution in [0.1, 0.15) is 78.1 Å². The molecule has 0 aliphatic carbocycles. The van der Waals surface area contributed by atoms with Crippen LogP contribution in [0, 0.1) is 11.8 Å². The van der Waals surface area contributed by atoms with Gasteiger partial charge in [-0.2, -0.15) is 0 Å². The lowest BCUT2D eigenvalue weighted by Crippen LogP contribution is -2.47. The van der Waals surface area contributed by atoms with Crippen LogP contribution in [0.15, 0.2) is 18.2 Å². The number of amides is 1. The number of hydrogen-bond donors (Lipinski definition) is 1. The van der Waals surface area contributed by atoms with Crippen molar-refractivity contribution in [2.45, 2.75) is 79.4 Å². The SMILES string of the molecule is CCOC(=O)c1cc(NC(=O)C(CC(C)C)(CC(C)C)OC)ccc1O[C@H](C)CC. The summed E-state index contributed by atoms with van der Waals surface area (Å²) in [4.78, 5) is 25.7. The maximum absolute atomic E-state index is 13.3. The summed E-state index contributed by atoms with van der Waals surface area (Å²) in [5.74, 6) is 0.335. The van der Waals surface area contributed by atoms with Gasteiger partial charge in [-0.1, -0.05) is 34.6 Å². The number of ether oxygens (including phenoxy) is 3. The van der Waals surface area contributed by atoms with Crippen molar-refractivity contribution < 1.29 is 23.8 Å². The normalized spacial score (nSPS) is 12.7. The lowest BCUT2D eigenvalue weighted by Gasteiger charge is -2.34. The van der Waals surface area contributed by atoms with Crippen molar-refractivity contribution in [3.63, 3.8) is 0 Å². The molecule has 0 heterocycles. The van der Waals surface area contributed by atoms with E-state index in [4.69, 9.17) is 14.2 Å². The predicted molar refractivity (Wildman–Crippen MR) is 120 cm³/mol. The first-order valence-electron chi connectivity index (χ1n) is 10.9. The Morgan fingerprint density at radius 2 is 1.63 bits per heavy atom. The van der Waals surface area contributed by atoms with E-state index in [0.717, 1.165) is 6.42 Å². The molecule has 0 saturated heterocycles. The van der Waals surface area contributed by atoms with Crippen molar-refractivity contribution in [3.05, 3.63) is 23.8 Å². The topological polar surface area (TPSA) is 73.9 Å². The van der Waals surface area contributed by atoms with Crippen LogP contribution in [0.3, 0.4) is 0 Å². The molecule has 6 heteroatoms. The standard InChI is InChI=1S/C24H39NO5/c1-9-18(7)30-21-12-11-19(13-20(21)22(26)29-10-2)25-23(27)24(28-8,14-16(3)4)15-17(5)6/h11-13,16-18H,9-10,14-15H2,1-8H3,(H,25,27)/t18-/m1/s1. The third-order valence-electron chi connectivity index (χ3n) is 4.92. The van der Waals surface area contributed by atoms with E-state index in [1.54, 1.807) is 32.2 Å². The molecule has 1 amide bonds. The number of carbonyl (C=O) groups is 2. The van der Waals surface area contributed by atoms with E-state index in [-0.39, 0.29) is 30.5 Å². The summed E-state index contributed by atoms with van der Waals surface area (Å²) in [5.41, 5.74) is -0.127. The third-order valence-corrected chi connectivity index (χ3v) is 4.92. The van der Waals surface area contributed by atoms with Crippen LogP contribution in [-0.2, 0) is 14.3 Å². The molecule has 0 saturated carbocycles. The van der Waals surface area contributed by atoms with E-state index in [1.807, 2.05) is 13.8 Å². The highest BCUT2D eigenvalue weighted by molar-refractivity contribution is 5.99. The first-order chi connectivity index (χ1) is 14.1. The van der Waals surface area contributed by atoms with Crippen molar-refractivity contribution in [2.75, 3.05) is 19.0 Å². The van der Waals surface area contributed by atoms with Gasteiger partial charge in [0.05, 0.1) is 12.7 Å². The van der Waals surface area contributed by atoms with Crippen molar-refractivity contribution in [1.29, 1.82) is 0 Å². The summed E-state index contributed by atoms with van der Waals surface area (Å²) in [6.07, 6.45) is 1.97. The maximum Gasteiger partial charge on any atom is 0.341 e. The molecular weight excluding hydrogens is 382 g/mol. The highest BCUT2D eigenvalue weighted by Crippen LogP contribution is 2.31. The third kappa shape index (κ3) is 7.31. The van der Waals surface area contributed by atoms with Gasteiger partial charge in [0.2, 0.25) is 0 Å². The number of esters is 1. The van der Waals surface area contributed by atoms with E-state index in [0.29, 0.717) is 29.8 Å². The highest BCUT2D eigenvalue weighted by atomic mass is 16.5. The van der Waals surface area contributed by atoms with E-state index in [1.165, 1.54) is 0 Å². The Kier molecular flexibility index (Phi) is 10.3. The second-order valence-corrected chi connectivity index (χ2v) is 8.62. The van der Waals surface area contributed by atoms with E-state index < -0.39 is 11.6 Å². The predicted octanol–water partition coefficient (Wildman–Crippen LogP) is 5.46. The lowest BCUT2D eigenvalue weighted by molar-refractivity contribution is -0.142. The average Bonchev–Trinajstić information content (AvgIpc) is 2.67. The maximum atomic E-state index is 13.3. The summed E-state index contributed by atoms with van der Waals surface area (Å²) in [6.45, 7) is 14.2. The molecule has 1 aromatic carbocycles. The molecular formula is C24H39NO5. The molecule has 30 heavy (non-hydrogen) atoms. The summed E-state index contributed by atoms with van der Waals surface area (Å²) in [6, 6.07) is 5.05. The molecule has 1 rings (SSSR count). The lowest BCUT2D eigenvalue weighted by atomic mass is 9.84. The Morgan fingerprint density at radius 1 is 1.03 bits per heavy atom. The Bertz CT molecular complexity index is 689. The number of rotatable bonds is 12. The Labute approximate surface area is 181 Å². The van der Waals surface area contributed by atoms with Crippen molar-refractivity contribution in [2.24, 2.45) is 11.8 Å². The first-order valence-corrected chi connectivity index (χ1v) is 10.9. The zero-order chi connectivity index (χ0) is 22.9. The molecule has 0 radical (unpaired) electrons. The number of anilines is 1. The van der Waals surface area contributed by atoms with Gasteiger partial charge < -0.3 is 19.5 Å². The molecule has 0 unspecified atom stereocenters. The number of nitrogens with one attached hydrogen (secondary N) is 1. The van der Waals surface area contributed by atoms with Gasteiger partial charge in [-0.05, 0) is 63.1 Å². The molecule has 0 aliphatic heterocycles. The molecule has 170 valence electrons. The highest BCUT2D eigenvalue weighted by Gasteiger charge is 2.39. The molecule has 6 nitrogen and oxygen atoms in total. The van der Waals surface area contributed by atoms with Crippen molar-refractivity contribution in [3.8, 4) is 5.75 Å². The molecule has 0 aromatic heterocycles. The van der Waals surface area contributed by atoms with Gasteiger partial charge >= 0.3 is 5.97 Å². The van der Waals surface area contributed by atoms with Gasteiger partial charge in [-0.3, -0.25) is 4.79 Å². The molecule has 0 aliphatic rings. The van der Waals surface area contributed by atoms with Crippen LogP contribution in [-0.4, -0.2) is 37.3 Å². The van der Waals surface area contributed by atoms with Gasteiger partial charge in [-0.25, -0.2) is 4.79 Å². The van der Waals surface area contributed by atoms with Crippen molar-refractivity contribution in [1.82, 2.24) is 0 Å². The Balaban J connectivity index is 3.24. The molecule has 0 bridgehead atoms. The number of carbonyl (C=O) groups excluding carboxylic acids is 2. The first kappa shape index (κ1) is 26.0. The van der Waals surface area contributed by atoms with Crippen LogP contribution < -0.4 is 10.1 Å². The van der Waals surface area contributed by atoms with Gasteiger partial charge in [0.1, 0.15) is 16.9 Å². The fraction of sp³-hybridized carbons (Fsp3) is 0.667. The number of hydrogen-bond acceptors (Lipinski definition) is 5. The summed E-state index contributed by atoms with van der Waals surface area (Å²) in [5, 5.41) is 2.95. The van der Waals surface area contributed by atoms with Gasteiger partial charge in [0, 0.05) is 12.8 Å². The second-order valence-electron chi connectivity index (χ2n) is 8.62. The molecule has 0 spiro atoms. The van der Waals surface area contributed by atoms with E-state index in [9.17, 15) is 9.59 Å². The summed E-state index contributed by atoms with van der Waals surface area (Å²) in [7, 11) is 1.58. The number of benzene rings is 1. The summed E-state index contributed by atoms with van der Waals surface area (Å²) < 4.78 is 16.8. The van der Waals surface area contributed by atoms with Gasteiger partial charge in [-0.15, -0.1) is 0 Å². The minimum atomic E-state index is -0.932. The van der Waals surface area contributed by atoms with E-state index in [2.05, 4.69) is 33.0 Å². The second kappa shape index (κ2) is 11.9. The minimum Gasteiger partial charge on any atom is -0.490 e. The van der Waals surface area contributed by atoms with Gasteiger partial charge in [0.25, 0.3) is 5.91 Å². The van der Waals surface area contributed by atoms with Crippen LogP contribution in [0.4, 0.5) is 5.69 Å². The average molecular weight is 422 g/mol. The monoisotopic (exact) mass is 421 g/mol. The molecule has 0 fully saturated rings. The quantitative estimate of drug-likeness (QED) is 0.454. The smallest absolute Gasteiger partial charge is 0.341 e. The molecule has 1 N–H and O–H groups in total. The zero-order valence-electron chi connectivity index (χ0n) is 19.8. The minimum absolute atomic E-state index is 0.0446. The van der Waals surface area contributed by atoms with Crippen LogP contribution >= 0.6 is 0 Å². The molecule has 1 aromatic rings. The Hall–Kier alpha value is -2.08. The van der Waals surface area contributed by atoms with Crippen LogP contribution in [0.5, 0.6) is 5.75 Å². The largest absolute Gasteiger partial charge is 0.490 e. The van der Waals surface area contributed by atoms with Crippen LogP contribution in [0.2, 0.25) is 0 Å². The zero-order valence-corrected chi connectivity index (χ0v) is 19.8. The van der Waals surface area contributed by atoms with Crippen LogP contribution in [0.25, 0.3) is 0 Å². The molecule has 1 atom stereocenters. The Morgan fingerprint density at radius 3 is 2.10 bits per heavy atom. The van der Waals surface area contributed by atoms with Gasteiger partial charge in [0.15, 0.2) is 0 Å².